The predicted octanol–water partition coefficient (Wildman–Crippen LogP) is 2.75. The van der Waals surface area contributed by atoms with Crippen LogP contribution in [0.5, 0.6) is 0 Å². The molecule has 0 saturated carbocycles. The van der Waals surface area contributed by atoms with Gasteiger partial charge in [0.15, 0.2) is 10.4 Å². The Bertz CT molecular complexity index is 467. The van der Waals surface area contributed by atoms with E-state index >= 15 is 0 Å². The topological polar surface area (TPSA) is 68.5 Å². The summed E-state index contributed by atoms with van der Waals surface area (Å²) in [7, 11) is 0. The van der Waals surface area contributed by atoms with Gasteiger partial charge in [0.25, 0.3) is 5.91 Å². The standard InChI is InChI=1S/C14H18INO4/c1-2-3-4-9-16-13(17)10-19-14(18)8-6-11-5-7-12(15)20-11/h5-8H,2-4,9-10H2,1H3,(H,16,17)/b8-6+. The minimum atomic E-state index is -0.569. The second kappa shape index (κ2) is 9.57. The number of hydrogen-bond acceptors (Lipinski definition) is 4. The first-order valence-electron chi connectivity index (χ1n) is 6.48. The van der Waals surface area contributed by atoms with Gasteiger partial charge in [0.1, 0.15) is 5.76 Å². The van der Waals surface area contributed by atoms with Crippen LogP contribution in [0.15, 0.2) is 22.6 Å². The van der Waals surface area contributed by atoms with E-state index in [0.29, 0.717) is 12.3 Å². The van der Waals surface area contributed by atoms with E-state index in [-0.39, 0.29) is 12.5 Å². The number of hydrogen-bond donors (Lipinski definition) is 1. The van der Waals surface area contributed by atoms with Gasteiger partial charge in [0, 0.05) is 12.6 Å². The summed E-state index contributed by atoms with van der Waals surface area (Å²) in [5, 5.41) is 2.69. The van der Waals surface area contributed by atoms with Gasteiger partial charge in [-0.05, 0) is 47.2 Å². The van der Waals surface area contributed by atoms with E-state index in [2.05, 4.69) is 12.2 Å². The molecular formula is C14H18INO4. The van der Waals surface area contributed by atoms with Gasteiger partial charge < -0.3 is 14.5 Å². The maximum atomic E-state index is 11.4. The van der Waals surface area contributed by atoms with Crippen LogP contribution in [0.2, 0.25) is 0 Å². The third kappa shape index (κ3) is 7.32. The van der Waals surface area contributed by atoms with Crippen molar-refractivity contribution < 1.29 is 18.7 Å². The van der Waals surface area contributed by atoms with E-state index < -0.39 is 5.97 Å². The van der Waals surface area contributed by atoms with Crippen molar-refractivity contribution in [3.8, 4) is 0 Å². The molecule has 1 rings (SSSR count). The van der Waals surface area contributed by atoms with E-state index in [1.165, 1.54) is 12.2 Å². The highest BCUT2D eigenvalue weighted by Crippen LogP contribution is 2.11. The van der Waals surface area contributed by atoms with Crippen molar-refractivity contribution in [2.24, 2.45) is 0 Å². The van der Waals surface area contributed by atoms with Crippen molar-refractivity contribution in [1.29, 1.82) is 0 Å². The van der Waals surface area contributed by atoms with Crippen molar-refractivity contribution >= 4 is 40.5 Å². The predicted molar refractivity (Wildman–Crippen MR) is 84.0 cm³/mol. The van der Waals surface area contributed by atoms with Gasteiger partial charge >= 0.3 is 5.97 Å². The quantitative estimate of drug-likeness (QED) is 0.320. The molecule has 0 fully saturated rings. The molecule has 6 heteroatoms. The van der Waals surface area contributed by atoms with Crippen LogP contribution in [0, 0.1) is 3.77 Å². The minimum absolute atomic E-state index is 0.259. The number of furan rings is 1. The molecule has 110 valence electrons. The molecule has 1 heterocycles. The molecule has 1 amide bonds. The number of esters is 1. The first-order chi connectivity index (χ1) is 9.61. The van der Waals surface area contributed by atoms with E-state index in [1.54, 1.807) is 12.1 Å². The highest BCUT2D eigenvalue weighted by Gasteiger charge is 2.04. The van der Waals surface area contributed by atoms with E-state index in [1.807, 2.05) is 22.6 Å². The normalized spacial score (nSPS) is 10.7. The second-order valence-electron chi connectivity index (χ2n) is 4.14. The lowest BCUT2D eigenvalue weighted by Gasteiger charge is -2.04. The maximum Gasteiger partial charge on any atom is 0.331 e. The van der Waals surface area contributed by atoms with E-state index in [0.717, 1.165) is 23.0 Å². The molecule has 0 atom stereocenters. The first-order valence-corrected chi connectivity index (χ1v) is 7.56. The van der Waals surface area contributed by atoms with E-state index in [4.69, 9.17) is 9.15 Å². The summed E-state index contributed by atoms with van der Waals surface area (Å²) in [6, 6.07) is 3.53. The smallest absolute Gasteiger partial charge is 0.331 e. The molecule has 0 unspecified atom stereocenters. The Kier molecular flexibility index (Phi) is 8.01. The molecule has 0 aliphatic rings. The van der Waals surface area contributed by atoms with Crippen molar-refractivity contribution in [2.75, 3.05) is 13.2 Å². The van der Waals surface area contributed by atoms with Gasteiger partial charge in [-0.1, -0.05) is 19.8 Å². The zero-order valence-electron chi connectivity index (χ0n) is 11.4. The molecule has 0 aliphatic heterocycles. The van der Waals surface area contributed by atoms with Gasteiger partial charge in [0.2, 0.25) is 0 Å². The zero-order chi connectivity index (χ0) is 14.8. The number of amides is 1. The largest absolute Gasteiger partial charge is 0.452 e. The van der Waals surface area contributed by atoms with Crippen LogP contribution in [0.1, 0.15) is 31.9 Å². The molecule has 1 N–H and O–H groups in total. The Balaban J connectivity index is 2.19. The fourth-order valence-corrected chi connectivity index (χ4v) is 1.84. The van der Waals surface area contributed by atoms with Gasteiger partial charge in [-0.15, -0.1) is 0 Å². The Morgan fingerprint density at radius 2 is 2.20 bits per heavy atom. The van der Waals surface area contributed by atoms with Crippen molar-refractivity contribution in [3.05, 3.63) is 27.7 Å². The molecule has 1 aromatic rings. The molecule has 0 radical (unpaired) electrons. The van der Waals surface area contributed by atoms with Crippen molar-refractivity contribution in [3.63, 3.8) is 0 Å². The number of unbranched alkanes of at least 4 members (excludes halogenated alkanes) is 2. The van der Waals surface area contributed by atoms with Gasteiger partial charge in [-0.3, -0.25) is 4.79 Å². The number of rotatable bonds is 8. The zero-order valence-corrected chi connectivity index (χ0v) is 13.5. The number of carbonyl (C=O) groups is 2. The second-order valence-corrected chi connectivity index (χ2v) is 5.20. The number of halogens is 1. The SMILES string of the molecule is CCCCCNC(=O)COC(=O)/C=C/c1ccc(I)o1. The third-order valence-electron chi connectivity index (χ3n) is 2.43. The summed E-state index contributed by atoms with van der Waals surface area (Å²) in [5.41, 5.74) is 0. The highest BCUT2D eigenvalue weighted by molar-refractivity contribution is 14.1. The van der Waals surface area contributed by atoms with Crippen LogP contribution < -0.4 is 5.32 Å². The summed E-state index contributed by atoms with van der Waals surface area (Å²) in [6.07, 6.45) is 5.85. The fraction of sp³-hybridized carbons (Fsp3) is 0.429. The van der Waals surface area contributed by atoms with Crippen LogP contribution in [-0.4, -0.2) is 25.0 Å². The van der Waals surface area contributed by atoms with E-state index in [9.17, 15) is 9.59 Å². The molecule has 0 bridgehead atoms. The Morgan fingerprint density at radius 3 is 2.85 bits per heavy atom. The molecule has 0 spiro atoms. The lowest BCUT2D eigenvalue weighted by Crippen LogP contribution is -2.29. The van der Waals surface area contributed by atoms with Crippen LogP contribution >= 0.6 is 22.6 Å². The van der Waals surface area contributed by atoms with Crippen LogP contribution in [0.3, 0.4) is 0 Å². The molecule has 0 aliphatic carbocycles. The average Bonchev–Trinajstić information content (AvgIpc) is 2.85. The molecule has 20 heavy (non-hydrogen) atoms. The lowest BCUT2D eigenvalue weighted by molar-refractivity contribution is -0.143. The average molecular weight is 391 g/mol. The summed E-state index contributed by atoms with van der Waals surface area (Å²) >= 11 is 2.03. The van der Waals surface area contributed by atoms with Crippen molar-refractivity contribution in [1.82, 2.24) is 5.32 Å². The summed E-state index contributed by atoms with van der Waals surface area (Å²) in [6.45, 7) is 2.45. The highest BCUT2D eigenvalue weighted by atomic mass is 127. The summed E-state index contributed by atoms with van der Waals surface area (Å²) in [5.74, 6) is -0.286. The number of carbonyl (C=O) groups excluding carboxylic acids is 2. The Morgan fingerprint density at radius 1 is 1.40 bits per heavy atom. The number of nitrogens with one attached hydrogen (secondary N) is 1. The van der Waals surface area contributed by atoms with Gasteiger partial charge in [0.05, 0.1) is 0 Å². The van der Waals surface area contributed by atoms with Crippen molar-refractivity contribution in [2.45, 2.75) is 26.2 Å². The molecule has 0 aromatic carbocycles. The molecule has 1 aromatic heterocycles. The first kappa shape index (κ1) is 16.7. The third-order valence-corrected chi connectivity index (χ3v) is 3.01. The van der Waals surface area contributed by atoms with Crippen LogP contribution in [-0.2, 0) is 14.3 Å². The summed E-state index contributed by atoms with van der Waals surface area (Å²) in [4.78, 5) is 22.7. The van der Waals surface area contributed by atoms with Gasteiger partial charge in [-0.25, -0.2) is 4.79 Å². The fourth-order valence-electron chi connectivity index (χ4n) is 1.41. The van der Waals surface area contributed by atoms with Crippen LogP contribution in [0.4, 0.5) is 0 Å². The Hall–Kier alpha value is -1.31. The molecule has 0 saturated heterocycles. The molecule has 5 nitrogen and oxygen atoms in total. The van der Waals surface area contributed by atoms with Crippen LogP contribution in [0.25, 0.3) is 6.08 Å². The lowest BCUT2D eigenvalue weighted by atomic mass is 10.2. The molecular weight excluding hydrogens is 373 g/mol. The minimum Gasteiger partial charge on any atom is -0.452 e. The monoisotopic (exact) mass is 391 g/mol. The summed E-state index contributed by atoms with van der Waals surface area (Å²) < 4.78 is 10.8. The van der Waals surface area contributed by atoms with Gasteiger partial charge in [-0.2, -0.15) is 0 Å². The number of ether oxygens (including phenoxy) is 1. The maximum absolute atomic E-state index is 11.4. The Labute approximate surface area is 131 Å².